The van der Waals surface area contributed by atoms with E-state index < -0.39 is 0 Å². The molecule has 2 rings (SSSR count). The van der Waals surface area contributed by atoms with Gasteiger partial charge in [0.15, 0.2) is 5.69 Å². The van der Waals surface area contributed by atoms with Gasteiger partial charge in [-0.3, -0.25) is 0 Å². The van der Waals surface area contributed by atoms with Crippen LogP contribution in [0.4, 0.5) is 5.69 Å². The average molecular weight is 197 g/mol. The Morgan fingerprint density at radius 3 is 2.71 bits per heavy atom. The summed E-state index contributed by atoms with van der Waals surface area (Å²) in [6, 6.07) is 0. The van der Waals surface area contributed by atoms with Crippen molar-refractivity contribution >= 4 is 5.69 Å². The summed E-state index contributed by atoms with van der Waals surface area (Å²) in [4.78, 5) is 7.75. The van der Waals surface area contributed by atoms with Gasteiger partial charge in [-0.15, -0.1) is 0 Å². The zero-order valence-electron chi connectivity index (χ0n) is 7.77. The summed E-state index contributed by atoms with van der Waals surface area (Å²) in [5, 5.41) is 0. The van der Waals surface area contributed by atoms with Gasteiger partial charge in [-0.25, -0.2) is 0 Å². The molecule has 0 amide bonds. The first-order valence-electron chi connectivity index (χ1n) is 4.20. The SMILES string of the molecule is COc1ncnc(OC2COC2)c1N. The van der Waals surface area contributed by atoms with E-state index >= 15 is 0 Å². The Kier molecular flexibility index (Phi) is 2.36. The molecule has 0 aliphatic carbocycles. The van der Waals surface area contributed by atoms with Gasteiger partial charge in [-0.2, -0.15) is 9.97 Å². The van der Waals surface area contributed by atoms with Crippen LogP contribution < -0.4 is 15.2 Å². The predicted octanol–water partition coefficient (Wildman–Crippen LogP) is -0.155. The van der Waals surface area contributed by atoms with Crippen molar-refractivity contribution < 1.29 is 14.2 Å². The molecule has 2 heterocycles. The first-order chi connectivity index (χ1) is 6.81. The van der Waals surface area contributed by atoms with Crippen molar-refractivity contribution in [1.82, 2.24) is 9.97 Å². The van der Waals surface area contributed by atoms with Crippen molar-refractivity contribution in [3.05, 3.63) is 6.33 Å². The van der Waals surface area contributed by atoms with Gasteiger partial charge < -0.3 is 19.9 Å². The number of aromatic nitrogens is 2. The molecule has 0 aromatic carbocycles. The highest BCUT2D eigenvalue weighted by Crippen LogP contribution is 2.27. The number of methoxy groups -OCH3 is 1. The molecule has 14 heavy (non-hydrogen) atoms. The average Bonchev–Trinajstić information content (AvgIpc) is 2.13. The van der Waals surface area contributed by atoms with E-state index in [9.17, 15) is 0 Å². The summed E-state index contributed by atoms with van der Waals surface area (Å²) in [6.45, 7) is 1.15. The van der Waals surface area contributed by atoms with Crippen LogP contribution in [-0.2, 0) is 4.74 Å². The molecular formula is C8H11N3O3. The molecule has 0 spiro atoms. The summed E-state index contributed by atoms with van der Waals surface area (Å²) < 4.78 is 15.3. The van der Waals surface area contributed by atoms with E-state index in [0.29, 0.717) is 30.7 Å². The lowest BCUT2D eigenvalue weighted by Crippen LogP contribution is -2.39. The smallest absolute Gasteiger partial charge is 0.244 e. The van der Waals surface area contributed by atoms with Gasteiger partial charge in [-0.1, -0.05) is 0 Å². The Labute approximate surface area is 81.0 Å². The highest BCUT2D eigenvalue weighted by atomic mass is 16.6. The fourth-order valence-electron chi connectivity index (χ4n) is 1.06. The predicted molar refractivity (Wildman–Crippen MR) is 48.2 cm³/mol. The van der Waals surface area contributed by atoms with Crippen LogP contribution in [0.5, 0.6) is 11.8 Å². The first-order valence-corrected chi connectivity index (χ1v) is 4.20. The molecule has 1 aliphatic rings. The molecule has 0 saturated carbocycles. The fraction of sp³-hybridized carbons (Fsp3) is 0.500. The van der Waals surface area contributed by atoms with Crippen molar-refractivity contribution in [3.8, 4) is 11.8 Å². The number of hydrogen-bond donors (Lipinski definition) is 1. The van der Waals surface area contributed by atoms with Crippen LogP contribution >= 0.6 is 0 Å². The maximum absolute atomic E-state index is 5.71. The van der Waals surface area contributed by atoms with Gasteiger partial charge in [0.25, 0.3) is 0 Å². The van der Waals surface area contributed by atoms with Crippen LogP contribution in [-0.4, -0.2) is 36.4 Å². The molecule has 0 atom stereocenters. The van der Waals surface area contributed by atoms with Gasteiger partial charge in [0, 0.05) is 0 Å². The van der Waals surface area contributed by atoms with Crippen LogP contribution in [0.25, 0.3) is 0 Å². The van der Waals surface area contributed by atoms with Crippen LogP contribution in [0, 0.1) is 0 Å². The normalized spacial score (nSPS) is 16.1. The minimum absolute atomic E-state index is 0.0388. The van der Waals surface area contributed by atoms with Gasteiger partial charge in [0.05, 0.1) is 20.3 Å². The van der Waals surface area contributed by atoms with E-state index in [2.05, 4.69) is 9.97 Å². The van der Waals surface area contributed by atoms with E-state index in [4.69, 9.17) is 19.9 Å². The molecule has 1 fully saturated rings. The summed E-state index contributed by atoms with van der Waals surface area (Å²) in [7, 11) is 1.49. The molecule has 1 saturated heterocycles. The maximum Gasteiger partial charge on any atom is 0.244 e. The molecule has 0 bridgehead atoms. The summed E-state index contributed by atoms with van der Waals surface area (Å²) in [5.41, 5.74) is 6.03. The van der Waals surface area contributed by atoms with Crippen molar-refractivity contribution in [2.45, 2.75) is 6.10 Å². The molecule has 6 heteroatoms. The zero-order valence-corrected chi connectivity index (χ0v) is 7.77. The Morgan fingerprint density at radius 2 is 2.14 bits per heavy atom. The second-order valence-corrected chi connectivity index (χ2v) is 2.88. The lowest BCUT2D eigenvalue weighted by Gasteiger charge is -2.26. The number of nitrogens with zero attached hydrogens (tertiary/aromatic N) is 2. The third-order valence-electron chi connectivity index (χ3n) is 1.89. The topological polar surface area (TPSA) is 79.5 Å². The summed E-state index contributed by atoms with van der Waals surface area (Å²) in [5.74, 6) is 0.681. The van der Waals surface area contributed by atoms with E-state index in [1.54, 1.807) is 0 Å². The monoisotopic (exact) mass is 197 g/mol. The Hall–Kier alpha value is -1.56. The first kappa shape index (κ1) is 9.01. The van der Waals surface area contributed by atoms with E-state index in [1.807, 2.05) is 0 Å². The molecule has 0 radical (unpaired) electrons. The Morgan fingerprint density at radius 1 is 1.43 bits per heavy atom. The van der Waals surface area contributed by atoms with E-state index in [0.717, 1.165) is 0 Å². The minimum atomic E-state index is 0.0388. The fourth-order valence-corrected chi connectivity index (χ4v) is 1.06. The van der Waals surface area contributed by atoms with Crippen molar-refractivity contribution in [2.24, 2.45) is 0 Å². The number of nitrogen functional groups attached to an aromatic ring is 1. The second kappa shape index (κ2) is 3.67. The van der Waals surface area contributed by atoms with Crippen LogP contribution in [0.2, 0.25) is 0 Å². The number of ether oxygens (including phenoxy) is 3. The van der Waals surface area contributed by atoms with E-state index in [-0.39, 0.29) is 6.10 Å². The zero-order chi connectivity index (χ0) is 9.97. The summed E-state index contributed by atoms with van der Waals surface area (Å²) in [6.07, 6.45) is 1.39. The second-order valence-electron chi connectivity index (χ2n) is 2.88. The summed E-state index contributed by atoms with van der Waals surface area (Å²) >= 11 is 0. The maximum atomic E-state index is 5.71. The van der Waals surface area contributed by atoms with Crippen molar-refractivity contribution in [1.29, 1.82) is 0 Å². The lowest BCUT2D eigenvalue weighted by atomic mass is 10.3. The van der Waals surface area contributed by atoms with E-state index in [1.165, 1.54) is 13.4 Å². The lowest BCUT2D eigenvalue weighted by molar-refractivity contribution is -0.0811. The number of hydrogen-bond acceptors (Lipinski definition) is 6. The van der Waals surface area contributed by atoms with Crippen LogP contribution in [0.3, 0.4) is 0 Å². The van der Waals surface area contributed by atoms with Crippen molar-refractivity contribution in [3.63, 3.8) is 0 Å². The highest BCUT2D eigenvalue weighted by molar-refractivity contribution is 5.55. The van der Waals surface area contributed by atoms with Gasteiger partial charge in [0.2, 0.25) is 11.8 Å². The molecule has 1 aliphatic heterocycles. The van der Waals surface area contributed by atoms with Gasteiger partial charge in [-0.05, 0) is 0 Å². The van der Waals surface area contributed by atoms with Gasteiger partial charge >= 0.3 is 0 Å². The van der Waals surface area contributed by atoms with Crippen LogP contribution in [0.15, 0.2) is 6.33 Å². The van der Waals surface area contributed by atoms with Crippen molar-refractivity contribution in [2.75, 3.05) is 26.1 Å². The number of anilines is 1. The quantitative estimate of drug-likeness (QED) is 0.725. The third-order valence-corrected chi connectivity index (χ3v) is 1.89. The third kappa shape index (κ3) is 1.56. The van der Waals surface area contributed by atoms with Crippen LogP contribution in [0.1, 0.15) is 0 Å². The molecule has 1 aromatic heterocycles. The Bertz CT molecular complexity index is 328. The molecular weight excluding hydrogens is 186 g/mol. The molecule has 76 valence electrons. The molecule has 0 unspecified atom stereocenters. The van der Waals surface area contributed by atoms with Gasteiger partial charge in [0.1, 0.15) is 12.4 Å². The Balaban J connectivity index is 2.15. The minimum Gasteiger partial charge on any atom is -0.479 e. The highest BCUT2D eigenvalue weighted by Gasteiger charge is 2.22. The number of nitrogens with two attached hydrogens (primary N) is 1. The largest absolute Gasteiger partial charge is 0.479 e. The number of rotatable bonds is 3. The molecule has 1 aromatic rings. The molecule has 6 nitrogen and oxygen atoms in total. The molecule has 2 N–H and O–H groups in total. The standard InChI is InChI=1S/C8H11N3O3/c1-12-7-6(9)8(11-4-10-7)14-5-2-13-3-5/h4-5H,2-3,9H2,1H3.